The fraction of sp³-hybridized carbons (Fsp3) is 0.600. The lowest BCUT2D eigenvalue weighted by molar-refractivity contribution is 0.173. The molecule has 1 heterocycles. The maximum absolute atomic E-state index is 5.51. The number of hydrogen-bond acceptors (Lipinski definition) is 2. The second-order valence-corrected chi connectivity index (χ2v) is 2.08. The third-order valence-corrected chi connectivity index (χ3v) is 0.985. The fourth-order valence-corrected chi connectivity index (χ4v) is 0.618. The summed E-state index contributed by atoms with van der Waals surface area (Å²) in [6.45, 7) is 2.99. The third-order valence-electron chi connectivity index (χ3n) is 0.831. The van der Waals surface area contributed by atoms with Crippen LogP contribution in [-0.4, -0.2) is 13.2 Å². The van der Waals surface area contributed by atoms with Gasteiger partial charge in [-0.2, -0.15) is 0 Å². The molecule has 46 valence electrons. The molecule has 1 aliphatic heterocycles. The van der Waals surface area contributed by atoms with Gasteiger partial charge < -0.3 is 9.47 Å². The lowest BCUT2D eigenvalue weighted by atomic mass is 10.7. The minimum Gasteiger partial charge on any atom is -0.461 e. The Kier molecular flexibility index (Phi) is 1.63. The van der Waals surface area contributed by atoms with E-state index in [0.717, 1.165) is 0 Å². The Labute approximate surface area is 53.0 Å². The number of rotatable bonds is 0. The topological polar surface area (TPSA) is 18.5 Å². The zero-order valence-electron chi connectivity index (χ0n) is 4.61. The van der Waals surface area contributed by atoms with E-state index >= 15 is 0 Å². The number of hydrogen-bond donors (Lipinski definition) is 0. The summed E-state index contributed by atoms with van der Waals surface area (Å²) in [6, 6.07) is 0. The van der Waals surface area contributed by atoms with Crippen molar-refractivity contribution < 1.29 is 9.47 Å². The van der Waals surface area contributed by atoms with Gasteiger partial charge in [-0.3, -0.25) is 0 Å². The normalized spacial score (nSPS) is 17.5. The fourth-order valence-electron chi connectivity index (χ4n) is 0.509. The van der Waals surface area contributed by atoms with Gasteiger partial charge in [0.05, 0.1) is 5.03 Å². The van der Waals surface area contributed by atoms with Crippen LogP contribution in [0.25, 0.3) is 0 Å². The average molecular weight is 135 g/mol. The van der Waals surface area contributed by atoms with E-state index in [1.165, 1.54) is 0 Å². The van der Waals surface area contributed by atoms with E-state index in [4.69, 9.17) is 21.1 Å². The lowest BCUT2D eigenvalue weighted by Gasteiger charge is -1.94. The van der Waals surface area contributed by atoms with Gasteiger partial charge in [0.25, 0.3) is 5.95 Å². The van der Waals surface area contributed by atoms with E-state index in [9.17, 15) is 0 Å². The van der Waals surface area contributed by atoms with Gasteiger partial charge in [0, 0.05) is 0 Å². The lowest BCUT2D eigenvalue weighted by Crippen LogP contribution is -1.80. The third kappa shape index (κ3) is 1.07. The molecule has 0 aromatic rings. The van der Waals surface area contributed by atoms with Gasteiger partial charge in [0.2, 0.25) is 0 Å². The maximum atomic E-state index is 5.51. The van der Waals surface area contributed by atoms with Crippen molar-refractivity contribution in [2.75, 3.05) is 13.2 Å². The van der Waals surface area contributed by atoms with Crippen LogP contribution >= 0.6 is 11.6 Å². The summed E-state index contributed by atoms with van der Waals surface area (Å²) in [5.74, 6) is 0.478. The molecule has 0 bridgehead atoms. The molecule has 0 amide bonds. The van der Waals surface area contributed by atoms with Crippen molar-refractivity contribution in [3.8, 4) is 0 Å². The van der Waals surface area contributed by atoms with Crippen molar-refractivity contribution in [2.45, 2.75) is 6.92 Å². The summed E-state index contributed by atoms with van der Waals surface area (Å²) in [5, 5.41) is 0.586. The molecule has 1 rings (SSSR count). The molecular weight excluding hydrogens is 128 g/mol. The van der Waals surface area contributed by atoms with Crippen LogP contribution < -0.4 is 0 Å². The molecule has 0 aromatic heterocycles. The predicted molar refractivity (Wildman–Crippen MR) is 30.5 cm³/mol. The van der Waals surface area contributed by atoms with Crippen molar-refractivity contribution in [1.29, 1.82) is 0 Å². The van der Waals surface area contributed by atoms with Crippen molar-refractivity contribution in [2.24, 2.45) is 0 Å². The van der Waals surface area contributed by atoms with E-state index in [1.807, 2.05) is 0 Å². The molecule has 0 aliphatic carbocycles. The van der Waals surface area contributed by atoms with E-state index in [0.29, 0.717) is 24.2 Å². The minimum atomic E-state index is 0.478. The maximum Gasteiger partial charge on any atom is 0.294 e. The van der Waals surface area contributed by atoms with Crippen LogP contribution in [0.2, 0.25) is 0 Å². The molecule has 3 heteroatoms. The molecule has 0 spiro atoms. The molecule has 0 saturated carbocycles. The zero-order chi connectivity index (χ0) is 5.98. The van der Waals surface area contributed by atoms with Gasteiger partial charge >= 0.3 is 0 Å². The van der Waals surface area contributed by atoms with Crippen molar-refractivity contribution in [3.63, 3.8) is 0 Å². The first-order valence-electron chi connectivity index (χ1n) is 2.42. The Morgan fingerprint density at radius 1 is 1.50 bits per heavy atom. The first-order valence-corrected chi connectivity index (χ1v) is 2.80. The van der Waals surface area contributed by atoms with Crippen LogP contribution in [0, 0.1) is 0 Å². The Morgan fingerprint density at radius 2 is 2.00 bits per heavy atom. The SMILES string of the molecule is CC(Cl)=C1OCCO1. The van der Waals surface area contributed by atoms with Gasteiger partial charge in [-0.15, -0.1) is 0 Å². The van der Waals surface area contributed by atoms with E-state index in [2.05, 4.69) is 0 Å². The summed E-state index contributed by atoms with van der Waals surface area (Å²) in [4.78, 5) is 0. The van der Waals surface area contributed by atoms with Crippen LogP contribution in [0.1, 0.15) is 6.92 Å². The number of ether oxygens (including phenoxy) is 2. The van der Waals surface area contributed by atoms with Crippen LogP contribution in [0.3, 0.4) is 0 Å². The van der Waals surface area contributed by atoms with Crippen molar-refractivity contribution in [1.82, 2.24) is 0 Å². The molecule has 0 aromatic carbocycles. The van der Waals surface area contributed by atoms with E-state index < -0.39 is 0 Å². The van der Waals surface area contributed by atoms with Gasteiger partial charge in [0.15, 0.2) is 0 Å². The minimum absolute atomic E-state index is 0.478. The van der Waals surface area contributed by atoms with Gasteiger partial charge in [-0.05, 0) is 6.92 Å². The summed E-state index contributed by atoms with van der Waals surface area (Å²) in [7, 11) is 0. The molecule has 2 nitrogen and oxygen atoms in total. The van der Waals surface area contributed by atoms with Crippen LogP contribution in [0.4, 0.5) is 0 Å². The largest absolute Gasteiger partial charge is 0.461 e. The average Bonchev–Trinajstić information content (AvgIpc) is 2.12. The summed E-state index contributed by atoms with van der Waals surface area (Å²) in [6.07, 6.45) is 0. The molecule has 1 fully saturated rings. The van der Waals surface area contributed by atoms with Gasteiger partial charge in [0.1, 0.15) is 13.2 Å². The smallest absolute Gasteiger partial charge is 0.294 e. The molecule has 0 N–H and O–H groups in total. The zero-order valence-corrected chi connectivity index (χ0v) is 5.36. The second kappa shape index (κ2) is 2.27. The van der Waals surface area contributed by atoms with Gasteiger partial charge in [-0.1, -0.05) is 11.6 Å². The van der Waals surface area contributed by atoms with Gasteiger partial charge in [-0.25, -0.2) is 0 Å². The van der Waals surface area contributed by atoms with E-state index in [1.54, 1.807) is 6.92 Å². The molecule has 1 aliphatic rings. The quantitative estimate of drug-likeness (QED) is 0.500. The Bertz CT molecular complexity index is 108. The summed E-state index contributed by atoms with van der Waals surface area (Å²) >= 11 is 5.51. The van der Waals surface area contributed by atoms with Crippen molar-refractivity contribution in [3.05, 3.63) is 11.0 Å². The van der Waals surface area contributed by atoms with Crippen molar-refractivity contribution >= 4 is 11.6 Å². The molecule has 1 saturated heterocycles. The highest BCUT2D eigenvalue weighted by Crippen LogP contribution is 2.15. The van der Waals surface area contributed by atoms with Crippen LogP contribution in [0.15, 0.2) is 11.0 Å². The summed E-state index contributed by atoms with van der Waals surface area (Å²) in [5.41, 5.74) is 0. The predicted octanol–water partition coefficient (Wildman–Crippen LogP) is 1.46. The Morgan fingerprint density at radius 3 is 2.25 bits per heavy atom. The molecule has 0 radical (unpaired) electrons. The second-order valence-electron chi connectivity index (χ2n) is 1.52. The summed E-state index contributed by atoms with van der Waals surface area (Å²) < 4.78 is 9.88. The monoisotopic (exact) mass is 134 g/mol. The molecule has 8 heavy (non-hydrogen) atoms. The first kappa shape index (κ1) is 5.76. The standard InChI is InChI=1S/C5H7ClO2/c1-4(6)5-7-2-3-8-5/h2-3H2,1H3. The Balaban J connectivity index is 2.58. The molecular formula is C5H7ClO2. The Hall–Kier alpha value is -0.370. The van der Waals surface area contributed by atoms with Crippen LogP contribution in [0.5, 0.6) is 0 Å². The molecule has 0 atom stereocenters. The first-order chi connectivity index (χ1) is 3.80. The van der Waals surface area contributed by atoms with Crippen LogP contribution in [-0.2, 0) is 9.47 Å². The highest BCUT2D eigenvalue weighted by molar-refractivity contribution is 6.29. The number of allylic oxidation sites excluding steroid dienone is 1. The number of halogens is 1. The highest BCUT2D eigenvalue weighted by Gasteiger charge is 2.09. The molecule has 0 unspecified atom stereocenters. The van der Waals surface area contributed by atoms with E-state index in [-0.39, 0.29) is 0 Å². The highest BCUT2D eigenvalue weighted by atomic mass is 35.5.